The van der Waals surface area contributed by atoms with Gasteiger partial charge in [0.25, 0.3) is 0 Å². The lowest BCUT2D eigenvalue weighted by Crippen LogP contribution is -2.25. The Hall–Kier alpha value is -1.54. The maximum Gasteiger partial charge on any atom is 0.0366 e. The summed E-state index contributed by atoms with van der Waals surface area (Å²) in [6, 6.07) is 12.8. The van der Waals surface area contributed by atoms with Gasteiger partial charge in [0.05, 0.1) is 0 Å². The van der Waals surface area contributed by atoms with E-state index in [4.69, 9.17) is 5.73 Å². The molecule has 0 spiro atoms. The van der Waals surface area contributed by atoms with E-state index in [0.717, 1.165) is 30.0 Å². The van der Waals surface area contributed by atoms with Gasteiger partial charge in [0.1, 0.15) is 0 Å². The number of hydrogen-bond donors (Lipinski definition) is 2. The Kier molecular flexibility index (Phi) is 3.34. The normalized spacial score (nSPS) is 18.5. The quantitative estimate of drug-likeness (QED) is 0.786. The van der Waals surface area contributed by atoms with Gasteiger partial charge >= 0.3 is 0 Å². The van der Waals surface area contributed by atoms with Crippen LogP contribution in [-0.2, 0) is 6.54 Å². The summed E-state index contributed by atoms with van der Waals surface area (Å²) in [4.78, 5) is 0. The maximum atomic E-state index is 6.21. The summed E-state index contributed by atoms with van der Waals surface area (Å²) < 4.78 is 0. The van der Waals surface area contributed by atoms with E-state index in [1.165, 1.54) is 48.6 Å². The molecule has 0 heterocycles. The van der Waals surface area contributed by atoms with Crippen LogP contribution in [-0.4, -0.2) is 6.54 Å². The van der Waals surface area contributed by atoms with Crippen LogP contribution in [0, 0.1) is 17.8 Å². The van der Waals surface area contributed by atoms with E-state index < -0.39 is 0 Å². The molecule has 4 rings (SSSR count). The summed E-state index contributed by atoms with van der Waals surface area (Å²) in [6.07, 6.45) is 5.84. The fraction of sp³-hybridized carbons (Fsp3) is 0.474. The van der Waals surface area contributed by atoms with E-state index in [0.29, 0.717) is 0 Å². The molecule has 2 aromatic rings. The van der Waals surface area contributed by atoms with Crippen LogP contribution in [0.4, 0.5) is 5.69 Å². The van der Waals surface area contributed by atoms with Gasteiger partial charge in [-0.25, -0.2) is 0 Å². The molecular weight excluding hydrogens is 256 g/mol. The highest BCUT2D eigenvalue weighted by Gasteiger charge is 2.40. The van der Waals surface area contributed by atoms with Crippen molar-refractivity contribution in [3.63, 3.8) is 0 Å². The average molecular weight is 280 g/mol. The molecule has 0 unspecified atom stereocenters. The number of rotatable bonds is 6. The molecule has 2 saturated carbocycles. The third-order valence-corrected chi connectivity index (χ3v) is 5.16. The van der Waals surface area contributed by atoms with Crippen LogP contribution in [0.3, 0.4) is 0 Å². The van der Waals surface area contributed by atoms with Gasteiger partial charge in [-0.05, 0) is 78.5 Å². The van der Waals surface area contributed by atoms with Gasteiger partial charge in [-0.1, -0.05) is 24.3 Å². The van der Waals surface area contributed by atoms with Crippen molar-refractivity contribution in [1.82, 2.24) is 5.32 Å². The van der Waals surface area contributed by atoms with E-state index in [2.05, 4.69) is 41.7 Å². The summed E-state index contributed by atoms with van der Waals surface area (Å²) in [5, 5.41) is 6.18. The van der Waals surface area contributed by atoms with Crippen LogP contribution in [0.25, 0.3) is 10.8 Å². The highest BCUT2D eigenvalue weighted by Crippen LogP contribution is 2.48. The Morgan fingerprint density at radius 3 is 2.24 bits per heavy atom. The Bertz CT molecular complexity index is 629. The smallest absolute Gasteiger partial charge is 0.0366 e. The van der Waals surface area contributed by atoms with E-state index in [9.17, 15) is 0 Å². The molecule has 0 aliphatic heterocycles. The molecule has 2 nitrogen and oxygen atoms in total. The standard InChI is InChI=1S/C19H24N2/c20-19-10-16-4-2-1-3-15(16)9-17(19)11-21-12-18(13-5-6-13)14-7-8-14/h1-4,9-10,13-14,18,21H,5-8,11-12,20H2. The topological polar surface area (TPSA) is 38.0 Å². The average Bonchev–Trinajstić information content (AvgIpc) is 3.37. The van der Waals surface area contributed by atoms with E-state index in [1.807, 2.05) is 0 Å². The molecule has 21 heavy (non-hydrogen) atoms. The zero-order chi connectivity index (χ0) is 14.2. The van der Waals surface area contributed by atoms with Crippen LogP contribution in [0.2, 0.25) is 0 Å². The lowest BCUT2D eigenvalue weighted by molar-refractivity contribution is 0.379. The molecule has 0 aromatic heterocycles. The van der Waals surface area contributed by atoms with Gasteiger partial charge in [-0.2, -0.15) is 0 Å². The largest absolute Gasteiger partial charge is 0.398 e. The van der Waals surface area contributed by atoms with Gasteiger partial charge in [-0.3, -0.25) is 0 Å². The molecule has 0 radical (unpaired) electrons. The SMILES string of the molecule is Nc1cc2ccccc2cc1CNCC(C1CC1)C1CC1. The van der Waals surface area contributed by atoms with Crippen molar-refractivity contribution in [3.05, 3.63) is 42.0 Å². The van der Waals surface area contributed by atoms with Crippen LogP contribution >= 0.6 is 0 Å². The molecule has 0 bridgehead atoms. The van der Waals surface area contributed by atoms with Crippen molar-refractivity contribution in [2.45, 2.75) is 32.2 Å². The van der Waals surface area contributed by atoms with Crippen molar-refractivity contribution in [2.75, 3.05) is 12.3 Å². The van der Waals surface area contributed by atoms with Crippen molar-refractivity contribution in [1.29, 1.82) is 0 Å². The van der Waals surface area contributed by atoms with Crippen LogP contribution in [0.15, 0.2) is 36.4 Å². The minimum Gasteiger partial charge on any atom is -0.398 e. The third-order valence-electron chi connectivity index (χ3n) is 5.16. The minimum atomic E-state index is 0.895. The van der Waals surface area contributed by atoms with Gasteiger partial charge in [0.15, 0.2) is 0 Å². The van der Waals surface area contributed by atoms with Gasteiger partial charge < -0.3 is 11.1 Å². The Balaban J connectivity index is 1.43. The highest BCUT2D eigenvalue weighted by molar-refractivity contribution is 5.86. The Morgan fingerprint density at radius 1 is 1.00 bits per heavy atom. The number of nitrogens with one attached hydrogen (secondary N) is 1. The summed E-state index contributed by atoms with van der Waals surface area (Å²) >= 11 is 0. The molecule has 0 saturated heterocycles. The lowest BCUT2D eigenvalue weighted by atomic mass is 9.97. The van der Waals surface area contributed by atoms with Crippen molar-refractivity contribution in [3.8, 4) is 0 Å². The van der Waals surface area contributed by atoms with Crippen molar-refractivity contribution < 1.29 is 0 Å². The number of nitrogens with two attached hydrogens (primary N) is 1. The first-order chi connectivity index (χ1) is 10.3. The monoisotopic (exact) mass is 280 g/mol. The molecule has 0 atom stereocenters. The van der Waals surface area contributed by atoms with E-state index in [1.54, 1.807) is 0 Å². The molecule has 2 fully saturated rings. The van der Waals surface area contributed by atoms with Crippen LogP contribution < -0.4 is 11.1 Å². The summed E-state index contributed by atoms with van der Waals surface area (Å²) in [5.41, 5.74) is 8.36. The van der Waals surface area contributed by atoms with Crippen LogP contribution in [0.5, 0.6) is 0 Å². The fourth-order valence-corrected chi connectivity index (χ4v) is 3.60. The molecule has 0 amide bonds. The Morgan fingerprint density at radius 2 is 1.62 bits per heavy atom. The first-order valence-electron chi connectivity index (χ1n) is 8.29. The predicted octanol–water partition coefficient (Wildman–Crippen LogP) is 3.95. The maximum absolute atomic E-state index is 6.21. The van der Waals surface area contributed by atoms with Gasteiger partial charge in [-0.15, -0.1) is 0 Å². The molecule has 3 N–H and O–H groups in total. The Labute approximate surface area is 126 Å². The minimum absolute atomic E-state index is 0.895. The van der Waals surface area contributed by atoms with E-state index >= 15 is 0 Å². The zero-order valence-corrected chi connectivity index (χ0v) is 12.5. The first kappa shape index (κ1) is 13.1. The highest BCUT2D eigenvalue weighted by atomic mass is 14.9. The van der Waals surface area contributed by atoms with Crippen molar-refractivity contribution in [2.24, 2.45) is 17.8 Å². The molecule has 110 valence electrons. The number of hydrogen-bond acceptors (Lipinski definition) is 2. The molecule has 2 aromatic carbocycles. The second-order valence-corrected chi connectivity index (χ2v) is 6.87. The number of anilines is 1. The zero-order valence-electron chi connectivity index (χ0n) is 12.5. The molecule has 2 aliphatic rings. The molecule has 2 heteroatoms. The molecule has 2 aliphatic carbocycles. The summed E-state index contributed by atoms with van der Waals surface area (Å²) in [6.45, 7) is 2.06. The first-order valence-corrected chi connectivity index (χ1v) is 8.29. The third kappa shape index (κ3) is 2.91. The van der Waals surface area contributed by atoms with E-state index in [-0.39, 0.29) is 0 Å². The summed E-state index contributed by atoms with van der Waals surface area (Å²) in [5.74, 6) is 2.95. The second-order valence-electron chi connectivity index (χ2n) is 6.87. The van der Waals surface area contributed by atoms with Gasteiger partial charge in [0.2, 0.25) is 0 Å². The second kappa shape index (κ2) is 5.34. The van der Waals surface area contributed by atoms with Crippen LogP contribution in [0.1, 0.15) is 31.2 Å². The van der Waals surface area contributed by atoms with Crippen molar-refractivity contribution >= 4 is 16.5 Å². The predicted molar refractivity (Wildman–Crippen MR) is 89.0 cm³/mol. The summed E-state index contributed by atoms with van der Waals surface area (Å²) in [7, 11) is 0. The van der Waals surface area contributed by atoms with Gasteiger partial charge in [0, 0.05) is 12.2 Å². The lowest BCUT2D eigenvalue weighted by Gasteiger charge is -2.17. The number of benzene rings is 2. The number of fused-ring (bicyclic) bond motifs is 1. The molecular formula is C19H24N2. The fourth-order valence-electron chi connectivity index (χ4n) is 3.60. The number of nitrogen functional groups attached to an aromatic ring is 1.